The lowest BCUT2D eigenvalue weighted by atomic mass is 10.3. The lowest BCUT2D eigenvalue weighted by Gasteiger charge is -2.12. The van der Waals surface area contributed by atoms with Crippen LogP contribution in [0.25, 0.3) is 0 Å². The summed E-state index contributed by atoms with van der Waals surface area (Å²) < 4.78 is 2.04. The van der Waals surface area contributed by atoms with Crippen molar-refractivity contribution in [1.29, 1.82) is 0 Å². The lowest BCUT2D eigenvalue weighted by Crippen LogP contribution is -2.03. The van der Waals surface area contributed by atoms with Crippen LogP contribution in [-0.4, -0.2) is 7.05 Å². The molecule has 1 aromatic rings. The van der Waals surface area contributed by atoms with Gasteiger partial charge in [0.05, 0.1) is 0 Å². The predicted octanol–water partition coefficient (Wildman–Crippen LogP) is 2.75. The molecule has 0 amide bonds. The number of nitrogens with zero attached hydrogens (tertiary/aromatic N) is 1. The van der Waals surface area contributed by atoms with Crippen LogP contribution in [-0.2, 0) is 0 Å². The molecule has 0 atom stereocenters. The van der Waals surface area contributed by atoms with E-state index in [1.165, 1.54) is 17.6 Å². The smallest absolute Gasteiger partial charge is 0.0475 e. The molecular formula is C10H11NS. The number of para-hydroxylation sites is 1. The summed E-state index contributed by atoms with van der Waals surface area (Å²) in [4.78, 5) is 0. The number of benzene rings is 1. The Morgan fingerprint density at radius 3 is 2.50 bits per heavy atom. The molecule has 0 unspecified atom stereocenters. The largest absolute Gasteiger partial charge is 0.309 e. The van der Waals surface area contributed by atoms with E-state index >= 15 is 0 Å². The summed E-state index contributed by atoms with van der Waals surface area (Å²) in [5, 5.41) is 2.94. The van der Waals surface area contributed by atoms with Crippen LogP contribution in [0.4, 0.5) is 5.69 Å². The molecule has 0 radical (unpaired) electrons. The van der Waals surface area contributed by atoms with Gasteiger partial charge in [-0.2, -0.15) is 0 Å². The van der Waals surface area contributed by atoms with E-state index in [9.17, 15) is 0 Å². The Morgan fingerprint density at radius 2 is 1.92 bits per heavy atom. The maximum absolute atomic E-state index is 2.94. The van der Waals surface area contributed by atoms with Crippen molar-refractivity contribution in [3.63, 3.8) is 0 Å². The summed E-state index contributed by atoms with van der Waals surface area (Å²) in [5.41, 5.74) is 1.17. The average molecular weight is 177 g/mol. The van der Waals surface area contributed by atoms with Crippen LogP contribution in [0, 0.1) is 11.2 Å². The van der Waals surface area contributed by atoms with Gasteiger partial charge in [-0.25, -0.2) is 0 Å². The van der Waals surface area contributed by atoms with E-state index in [0.29, 0.717) is 0 Å². The van der Waals surface area contributed by atoms with Crippen LogP contribution < -0.4 is 4.31 Å². The van der Waals surface area contributed by atoms with Gasteiger partial charge in [-0.05, 0) is 24.3 Å². The summed E-state index contributed by atoms with van der Waals surface area (Å²) in [6, 6.07) is 10.2. The number of hydrogen-bond acceptors (Lipinski definition) is 2. The van der Waals surface area contributed by atoms with Gasteiger partial charge >= 0.3 is 0 Å². The van der Waals surface area contributed by atoms with Crippen LogP contribution in [0.3, 0.4) is 0 Å². The first-order valence-electron chi connectivity index (χ1n) is 3.72. The molecular weight excluding hydrogens is 166 g/mol. The van der Waals surface area contributed by atoms with Gasteiger partial charge in [-0.3, -0.25) is 0 Å². The quantitative estimate of drug-likeness (QED) is 0.505. The second-order valence-corrected chi connectivity index (χ2v) is 3.21. The highest BCUT2D eigenvalue weighted by atomic mass is 32.2. The van der Waals surface area contributed by atoms with E-state index in [0.717, 1.165) is 0 Å². The van der Waals surface area contributed by atoms with Crippen LogP contribution in [0.15, 0.2) is 30.3 Å². The maximum atomic E-state index is 2.94. The Morgan fingerprint density at radius 1 is 1.25 bits per heavy atom. The second kappa shape index (κ2) is 4.74. The summed E-state index contributed by atoms with van der Waals surface area (Å²) in [6.07, 6.45) is 0. The van der Waals surface area contributed by atoms with Gasteiger partial charge in [-0.1, -0.05) is 24.1 Å². The molecule has 2 heteroatoms. The normalized spacial score (nSPS) is 8.50. The molecule has 0 bridgehead atoms. The fraction of sp³-hybridized carbons (Fsp3) is 0.200. The average Bonchev–Trinajstić information content (AvgIpc) is 2.15. The maximum Gasteiger partial charge on any atom is 0.0475 e. The van der Waals surface area contributed by atoms with Crippen molar-refractivity contribution in [3.8, 4) is 11.2 Å². The molecule has 62 valence electrons. The molecule has 0 heterocycles. The predicted molar refractivity (Wildman–Crippen MR) is 55.9 cm³/mol. The van der Waals surface area contributed by atoms with Gasteiger partial charge in [0, 0.05) is 24.7 Å². The molecule has 12 heavy (non-hydrogen) atoms. The van der Waals surface area contributed by atoms with Crippen LogP contribution in [0.2, 0.25) is 0 Å². The van der Waals surface area contributed by atoms with Crippen molar-refractivity contribution in [2.45, 2.75) is 6.92 Å². The van der Waals surface area contributed by atoms with E-state index in [1.807, 2.05) is 36.5 Å². The van der Waals surface area contributed by atoms with E-state index in [-0.39, 0.29) is 0 Å². The summed E-state index contributed by atoms with van der Waals surface area (Å²) in [7, 11) is 2.00. The van der Waals surface area contributed by atoms with Crippen LogP contribution >= 0.6 is 11.9 Å². The van der Waals surface area contributed by atoms with E-state index in [1.54, 1.807) is 0 Å². The van der Waals surface area contributed by atoms with Crippen molar-refractivity contribution < 1.29 is 0 Å². The van der Waals surface area contributed by atoms with Crippen molar-refractivity contribution in [1.82, 2.24) is 0 Å². The topological polar surface area (TPSA) is 3.24 Å². The van der Waals surface area contributed by atoms with Gasteiger partial charge in [0.1, 0.15) is 0 Å². The highest BCUT2D eigenvalue weighted by Crippen LogP contribution is 2.18. The van der Waals surface area contributed by atoms with Gasteiger partial charge in [0.25, 0.3) is 0 Å². The molecule has 0 aromatic heterocycles. The first-order valence-corrected chi connectivity index (χ1v) is 4.49. The minimum atomic E-state index is 1.17. The van der Waals surface area contributed by atoms with Crippen molar-refractivity contribution in [3.05, 3.63) is 30.3 Å². The molecule has 0 N–H and O–H groups in total. The van der Waals surface area contributed by atoms with E-state index in [2.05, 4.69) is 23.3 Å². The van der Waals surface area contributed by atoms with Gasteiger partial charge < -0.3 is 4.31 Å². The molecule has 0 saturated carbocycles. The highest BCUT2D eigenvalue weighted by molar-refractivity contribution is 8.05. The van der Waals surface area contributed by atoms with E-state index in [4.69, 9.17) is 0 Å². The number of anilines is 1. The number of rotatable bonds is 2. The molecule has 0 saturated heterocycles. The molecule has 1 aromatic carbocycles. The molecule has 1 nitrogen and oxygen atoms in total. The lowest BCUT2D eigenvalue weighted by molar-refractivity contribution is 1.37. The Balaban J connectivity index is 2.63. The van der Waals surface area contributed by atoms with Gasteiger partial charge in [0.15, 0.2) is 0 Å². The molecule has 0 aliphatic carbocycles. The number of hydrogen-bond donors (Lipinski definition) is 0. The first kappa shape index (κ1) is 9.02. The van der Waals surface area contributed by atoms with Gasteiger partial charge in [-0.15, -0.1) is 0 Å². The fourth-order valence-corrected chi connectivity index (χ4v) is 1.26. The molecule has 0 fully saturated rings. The molecule has 0 spiro atoms. The summed E-state index contributed by atoms with van der Waals surface area (Å²) >= 11 is 1.50. The zero-order valence-corrected chi connectivity index (χ0v) is 8.06. The van der Waals surface area contributed by atoms with Crippen molar-refractivity contribution in [2.75, 3.05) is 11.4 Å². The van der Waals surface area contributed by atoms with Crippen LogP contribution in [0.1, 0.15) is 6.92 Å². The van der Waals surface area contributed by atoms with Crippen molar-refractivity contribution in [2.24, 2.45) is 0 Å². The SMILES string of the molecule is CC#CSN(C)c1ccccc1. The van der Waals surface area contributed by atoms with E-state index < -0.39 is 0 Å². The third kappa shape index (κ3) is 2.52. The Bertz CT molecular complexity index is 284. The summed E-state index contributed by atoms with van der Waals surface area (Å²) in [6.45, 7) is 1.84. The summed E-state index contributed by atoms with van der Waals surface area (Å²) in [5.74, 6) is 2.84. The third-order valence-electron chi connectivity index (χ3n) is 1.40. The zero-order valence-electron chi connectivity index (χ0n) is 7.24. The first-order chi connectivity index (χ1) is 5.84. The standard InChI is InChI=1S/C10H11NS/c1-3-9-12-11(2)10-7-5-4-6-8-10/h4-8H,1-2H3. The molecule has 0 aliphatic rings. The Hall–Kier alpha value is -1.07. The van der Waals surface area contributed by atoms with Gasteiger partial charge in [0.2, 0.25) is 0 Å². The molecule has 1 rings (SSSR count). The zero-order chi connectivity index (χ0) is 8.81. The third-order valence-corrected chi connectivity index (χ3v) is 2.18. The second-order valence-electron chi connectivity index (χ2n) is 2.28. The Kier molecular flexibility index (Phi) is 3.56. The van der Waals surface area contributed by atoms with Crippen LogP contribution in [0.5, 0.6) is 0 Å². The monoisotopic (exact) mass is 177 g/mol. The van der Waals surface area contributed by atoms with Crippen molar-refractivity contribution >= 4 is 17.6 Å². The minimum absolute atomic E-state index is 1.17. The fourth-order valence-electron chi connectivity index (χ4n) is 0.805. The molecule has 0 aliphatic heterocycles. The highest BCUT2D eigenvalue weighted by Gasteiger charge is 1.96. The minimum Gasteiger partial charge on any atom is -0.309 e. The Labute approximate surface area is 77.9 Å².